The average Bonchev–Trinajstić information content (AvgIpc) is 2.45. The van der Waals surface area contributed by atoms with Crippen LogP contribution in [0.25, 0.3) is 0 Å². The zero-order chi connectivity index (χ0) is 16.8. The number of allylic oxidation sites excluding steroid dienone is 3. The molecule has 2 N–H and O–H groups in total. The molecular weight excluding hydrogens is 278 g/mol. The van der Waals surface area contributed by atoms with Crippen molar-refractivity contribution in [3.05, 3.63) is 23.8 Å². The first-order valence-corrected chi connectivity index (χ1v) is 8.13. The van der Waals surface area contributed by atoms with Gasteiger partial charge in [0.15, 0.2) is 0 Å². The molecule has 1 aliphatic rings. The van der Waals surface area contributed by atoms with Crippen LogP contribution in [0.5, 0.6) is 0 Å². The molecular formula is C18H31NO3. The van der Waals surface area contributed by atoms with Crippen LogP contribution < -0.4 is 5.73 Å². The molecule has 0 aromatic carbocycles. The Hall–Kier alpha value is -1.29. The van der Waals surface area contributed by atoms with Crippen LogP contribution >= 0.6 is 0 Å². The number of ether oxygens (including phenoxy) is 2. The third-order valence-corrected chi connectivity index (χ3v) is 4.88. The molecule has 0 aliphatic heterocycles. The topological polar surface area (TPSA) is 61.5 Å². The van der Waals surface area contributed by atoms with Gasteiger partial charge in [-0.3, -0.25) is 0 Å². The minimum Gasteiger partial charge on any atom is -0.444 e. The lowest BCUT2D eigenvalue weighted by molar-refractivity contribution is -0.103. The highest BCUT2D eigenvalue weighted by Gasteiger charge is 2.46. The van der Waals surface area contributed by atoms with E-state index in [4.69, 9.17) is 15.2 Å². The Balaban J connectivity index is 2.94. The zero-order valence-electron chi connectivity index (χ0n) is 14.6. The van der Waals surface area contributed by atoms with E-state index in [-0.39, 0.29) is 23.5 Å². The number of methoxy groups -OCH3 is 1. The first-order chi connectivity index (χ1) is 10.3. The van der Waals surface area contributed by atoms with Gasteiger partial charge in [-0.25, -0.2) is 4.79 Å². The van der Waals surface area contributed by atoms with Gasteiger partial charge in [0.25, 0.3) is 0 Å². The number of hydrogen-bond donors (Lipinski definition) is 1. The molecule has 3 unspecified atom stereocenters. The normalized spacial score (nSPS) is 32.0. The minimum atomic E-state index is -0.723. The van der Waals surface area contributed by atoms with Crippen LogP contribution in [-0.4, -0.2) is 25.4 Å². The molecule has 1 amide bonds. The zero-order valence-corrected chi connectivity index (χ0v) is 14.6. The van der Waals surface area contributed by atoms with Gasteiger partial charge < -0.3 is 15.2 Å². The number of hydrogen-bond acceptors (Lipinski definition) is 3. The molecule has 22 heavy (non-hydrogen) atoms. The molecule has 1 aliphatic carbocycles. The van der Waals surface area contributed by atoms with Gasteiger partial charge in [0, 0.05) is 13.0 Å². The lowest BCUT2D eigenvalue weighted by atomic mass is 9.63. The van der Waals surface area contributed by atoms with Crippen molar-refractivity contribution in [2.45, 2.75) is 65.6 Å². The molecule has 0 saturated heterocycles. The van der Waals surface area contributed by atoms with Gasteiger partial charge >= 0.3 is 6.09 Å². The van der Waals surface area contributed by atoms with Gasteiger partial charge in [0.2, 0.25) is 0 Å². The molecule has 1 saturated carbocycles. The smallest absolute Gasteiger partial charge is 0.404 e. The monoisotopic (exact) mass is 309 g/mol. The highest BCUT2D eigenvalue weighted by atomic mass is 16.6. The Kier molecular flexibility index (Phi) is 7.14. The van der Waals surface area contributed by atoms with Crippen molar-refractivity contribution in [2.24, 2.45) is 17.1 Å². The number of rotatable bonds is 6. The lowest BCUT2D eigenvalue weighted by Gasteiger charge is -2.47. The minimum absolute atomic E-state index is 0.144. The van der Waals surface area contributed by atoms with Crippen LogP contribution in [0.15, 0.2) is 23.8 Å². The van der Waals surface area contributed by atoms with Gasteiger partial charge in [0.05, 0.1) is 0 Å². The van der Waals surface area contributed by atoms with E-state index in [1.165, 1.54) is 5.57 Å². The molecule has 1 rings (SSSR count). The molecule has 0 aromatic rings. The molecule has 4 heteroatoms. The van der Waals surface area contributed by atoms with Crippen LogP contribution in [0, 0.1) is 11.3 Å². The predicted octanol–water partition coefficient (Wildman–Crippen LogP) is 4.20. The van der Waals surface area contributed by atoms with Crippen LogP contribution in [-0.2, 0) is 9.47 Å². The molecule has 0 spiro atoms. The van der Waals surface area contributed by atoms with Gasteiger partial charge in [-0.05, 0) is 38.5 Å². The maximum absolute atomic E-state index is 11.1. The summed E-state index contributed by atoms with van der Waals surface area (Å²) in [5, 5.41) is 0. The standard InChI is InChI=1S/C18H31NO3/c1-6-18(4)12-11-15(22-17(19)20)16(21-5)14(18)10-8-7-9-13(2)3/h8-10,14-16H,6-7,11-12H2,1-5H3,(H2,19,20)/b10-8+/t14?,15?,16?,18-/m0/s1. The van der Waals surface area contributed by atoms with Crippen LogP contribution in [0.2, 0.25) is 0 Å². The molecule has 0 heterocycles. The van der Waals surface area contributed by atoms with E-state index in [0.29, 0.717) is 0 Å². The van der Waals surface area contributed by atoms with Gasteiger partial charge in [-0.15, -0.1) is 0 Å². The van der Waals surface area contributed by atoms with E-state index >= 15 is 0 Å². The number of amides is 1. The molecule has 1 fully saturated rings. The Morgan fingerprint density at radius 2 is 2.09 bits per heavy atom. The van der Waals surface area contributed by atoms with Crippen LogP contribution in [0.4, 0.5) is 4.79 Å². The van der Waals surface area contributed by atoms with E-state index in [0.717, 1.165) is 25.7 Å². The van der Waals surface area contributed by atoms with Crippen molar-refractivity contribution in [1.29, 1.82) is 0 Å². The molecule has 0 aromatic heterocycles. The van der Waals surface area contributed by atoms with Gasteiger partial charge in [0.1, 0.15) is 12.2 Å². The number of primary amides is 1. The van der Waals surface area contributed by atoms with Crippen molar-refractivity contribution >= 4 is 6.09 Å². The molecule has 4 nitrogen and oxygen atoms in total. The summed E-state index contributed by atoms with van der Waals surface area (Å²) < 4.78 is 11.0. The maximum Gasteiger partial charge on any atom is 0.404 e. The van der Waals surface area contributed by atoms with Crippen molar-refractivity contribution < 1.29 is 14.3 Å². The Bertz CT molecular complexity index is 426. The highest BCUT2D eigenvalue weighted by molar-refractivity contribution is 5.64. The Labute approximate surface area is 134 Å². The van der Waals surface area contributed by atoms with E-state index in [2.05, 4.69) is 45.9 Å². The maximum atomic E-state index is 11.1. The largest absolute Gasteiger partial charge is 0.444 e. The summed E-state index contributed by atoms with van der Waals surface area (Å²) in [6.45, 7) is 8.69. The SMILES string of the molecule is CC[C@@]1(C)CCC(OC(N)=O)C(OC)C1/C=C/CC=C(C)C. The summed E-state index contributed by atoms with van der Waals surface area (Å²) >= 11 is 0. The summed E-state index contributed by atoms with van der Waals surface area (Å²) in [5.74, 6) is 0.214. The van der Waals surface area contributed by atoms with Crippen molar-refractivity contribution in [2.75, 3.05) is 7.11 Å². The summed E-state index contributed by atoms with van der Waals surface area (Å²) in [6.07, 6.45) is 9.25. The first kappa shape index (κ1) is 18.8. The van der Waals surface area contributed by atoms with Crippen molar-refractivity contribution in [1.82, 2.24) is 0 Å². The number of carbonyl (C=O) groups is 1. The van der Waals surface area contributed by atoms with Crippen LogP contribution in [0.1, 0.15) is 53.4 Å². The summed E-state index contributed by atoms with van der Waals surface area (Å²) in [7, 11) is 1.68. The van der Waals surface area contributed by atoms with Gasteiger partial charge in [-0.2, -0.15) is 0 Å². The van der Waals surface area contributed by atoms with E-state index < -0.39 is 6.09 Å². The fourth-order valence-corrected chi connectivity index (χ4v) is 3.29. The summed E-state index contributed by atoms with van der Waals surface area (Å²) in [4.78, 5) is 11.1. The highest BCUT2D eigenvalue weighted by Crippen LogP contribution is 2.46. The summed E-state index contributed by atoms with van der Waals surface area (Å²) in [6, 6.07) is 0. The molecule has 4 atom stereocenters. The van der Waals surface area contributed by atoms with Crippen molar-refractivity contribution in [3.8, 4) is 0 Å². The molecule has 0 bridgehead atoms. The third-order valence-electron chi connectivity index (χ3n) is 4.88. The lowest BCUT2D eigenvalue weighted by Crippen LogP contribution is -2.49. The fourth-order valence-electron chi connectivity index (χ4n) is 3.29. The summed E-state index contributed by atoms with van der Waals surface area (Å²) in [5.41, 5.74) is 6.66. The second kappa shape index (κ2) is 8.37. The Morgan fingerprint density at radius 1 is 1.41 bits per heavy atom. The third kappa shape index (κ3) is 4.87. The van der Waals surface area contributed by atoms with Crippen LogP contribution in [0.3, 0.4) is 0 Å². The fraction of sp³-hybridized carbons (Fsp3) is 0.722. The first-order valence-electron chi connectivity index (χ1n) is 8.13. The second-order valence-corrected chi connectivity index (χ2v) is 6.69. The number of nitrogens with two attached hydrogens (primary N) is 1. The van der Waals surface area contributed by atoms with E-state index in [1.807, 2.05) is 0 Å². The van der Waals surface area contributed by atoms with E-state index in [1.54, 1.807) is 7.11 Å². The van der Waals surface area contributed by atoms with Gasteiger partial charge in [-0.1, -0.05) is 44.1 Å². The predicted molar refractivity (Wildman–Crippen MR) is 89.6 cm³/mol. The Morgan fingerprint density at radius 3 is 2.59 bits per heavy atom. The quantitative estimate of drug-likeness (QED) is 0.748. The molecule has 126 valence electrons. The average molecular weight is 309 g/mol. The van der Waals surface area contributed by atoms with Crippen molar-refractivity contribution in [3.63, 3.8) is 0 Å². The second-order valence-electron chi connectivity index (χ2n) is 6.69. The molecule has 0 radical (unpaired) electrons. The number of carbonyl (C=O) groups excluding carboxylic acids is 1. The van der Waals surface area contributed by atoms with E-state index in [9.17, 15) is 4.79 Å².